The smallest absolute Gasteiger partial charge is 0.267 e. The molecule has 142 valence electrons. The molecule has 0 radical (unpaired) electrons. The number of anilines is 2. The highest BCUT2D eigenvalue weighted by Crippen LogP contribution is 2.28. The minimum atomic E-state index is -4.08. The van der Waals surface area contributed by atoms with Crippen LogP contribution in [0.1, 0.15) is 12.8 Å². The summed E-state index contributed by atoms with van der Waals surface area (Å²) in [6.07, 6.45) is 0.177. The van der Waals surface area contributed by atoms with E-state index in [1.54, 1.807) is 30.3 Å². The van der Waals surface area contributed by atoms with Crippen LogP contribution in [0.4, 0.5) is 11.4 Å². The number of rotatable bonds is 5. The lowest BCUT2D eigenvalue weighted by Crippen LogP contribution is -2.45. The Balaban J connectivity index is 1.82. The molecule has 1 saturated heterocycles. The molecule has 2 aromatic carbocycles. The molecule has 1 aliphatic rings. The molecule has 1 unspecified atom stereocenters. The van der Waals surface area contributed by atoms with E-state index >= 15 is 0 Å². The maximum absolute atomic E-state index is 12.9. The van der Waals surface area contributed by atoms with Crippen LogP contribution in [0.25, 0.3) is 0 Å². The number of nitrogens with zero attached hydrogens (tertiary/aromatic N) is 2. The van der Waals surface area contributed by atoms with Crippen LogP contribution in [0.15, 0.2) is 59.5 Å². The number of nitrogens with one attached hydrogen (secondary N) is 1. The molecule has 8 heteroatoms. The summed E-state index contributed by atoms with van der Waals surface area (Å²) in [5.41, 5.74) is 1.51. The van der Waals surface area contributed by atoms with Crippen molar-refractivity contribution in [1.29, 1.82) is 0 Å². The maximum atomic E-state index is 12.9. The topological polar surface area (TPSA) is 86.8 Å². The van der Waals surface area contributed by atoms with E-state index in [2.05, 4.69) is 5.32 Å². The van der Waals surface area contributed by atoms with Crippen LogP contribution in [0.3, 0.4) is 0 Å². The molecule has 1 heterocycles. The molecule has 0 aliphatic carbocycles. The van der Waals surface area contributed by atoms with Crippen molar-refractivity contribution in [3.63, 3.8) is 0 Å². The Bertz CT molecular complexity index is 941. The molecule has 1 fully saturated rings. The highest BCUT2D eigenvalue weighted by molar-refractivity contribution is 7.89. The first-order valence-corrected chi connectivity index (χ1v) is 9.95. The van der Waals surface area contributed by atoms with Crippen molar-refractivity contribution in [2.24, 2.45) is 0 Å². The Morgan fingerprint density at radius 2 is 1.70 bits per heavy atom. The summed E-state index contributed by atoms with van der Waals surface area (Å²) in [6.45, 7) is 0. The van der Waals surface area contributed by atoms with Gasteiger partial charge < -0.3 is 10.2 Å². The van der Waals surface area contributed by atoms with Crippen molar-refractivity contribution in [1.82, 2.24) is 4.31 Å². The zero-order valence-electron chi connectivity index (χ0n) is 15.1. The molecular weight excluding hydrogens is 366 g/mol. The van der Waals surface area contributed by atoms with Gasteiger partial charge in [0.15, 0.2) is 0 Å². The molecular formula is C19H21N3O4S. The number of amides is 2. The summed E-state index contributed by atoms with van der Waals surface area (Å²) in [7, 11) is -0.262. The number of carbonyl (C=O) groups is 2. The number of sulfonamides is 1. The second-order valence-electron chi connectivity index (χ2n) is 6.49. The first kappa shape index (κ1) is 18.9. The Kier molecular flexibility index (Phi) is 5.18. The highest BCUT2D eigenvalue weighted by atomic mass is 32.2. The molecule has 3 rings (SSSR count). The van der Waals surface area contributed by atoms with Crippen LogP contribution in [0.5, 0.6) is 0 Å². The molecule has 1 atom stereocenters. The van der Waals surface area contributed by atoms with Crippen molar-refractivity contribution in [3.05, 3.63) is 54.6 Å². The monoisotopic (exact) mass is 387 g/mol. The highest BCUT2D eigenvalue weighted by Gasteiger charge is 2.44. The minimum Gasteiger partial charge on any atom is -0.378 e. The van der Waals surface area contributed by atoms with Crippen LogP contribution in [-0.2, 0) is 19.6 Å². The fourth-order valence-corrected chi connectivity index (χ4v) is 4.60. The van der Waals surface area contributed by atoms with Gasteiger partial charge in [0.2, 0.25) is 11.8 Å². The fraction of sp³-hybridized carbons (Fsp3) is 0.263. The Labute approximate surface area is 158 Å². The largest absolute Gasteiger partial charge is 0.378 e. The van der Waals surface area contributed by atoms with Gasteiger partial charge in [-0.05, 0) is 42.8 Å². The normalized spacial score (nSPS) is 17.0. The quantitative estimate of drug-likeness (QED) is 0.849. The first-order valence-electron chi connectivity index (χ1n) is 8.51. The molecule has 2 aromatic rings. The van der Waals surface area contributed by atoms with E-state index < -0.39 is 27.9 Å². The van der Waals surface area contributed by atoms with E-state index in [-0.39, 0.29) is 17.7 Å². The summed E-state index contributed by atoms with van der Waals surface area (Å²) >= 11 is 0. The predicted molar refractivity (Wildman–Crippen MR) is 103 cm³/mol. The third-order valence-electron chi connectivity index (χ3n) is 4.41. The Hall–Kier alpha value is -2.87. The van der Waals surface area contributed by atoms with Gasteiger partial charge in [0.1, 0.15) is 6.04 Å². The Morgan fingerprint density at radius 3 is 2.30 bits per heavy atom. The third-order valence-corrected chi connectivity index (χ3v) is 6.26. The van der Waals surface area contributed by atoms with E-state index in [9.17, 15) is 18.0 Å². The van der Waals surface area contributed by atoms with Crippen molar-refractivity contribution in [2.45, 2.75) is 23.8 Å². The SMILES string of the molecule is CN(C)c1ccc(NC(=O)C2CCC(=O)N2S(=O)(=O)c2ccccc2)cc1. The van der Waals surface area contributed by atoms with Gasteiger partial charge in [-0.15, -0.1) is 0 Å². The second-order valence-corrected chi connectivity index (χ2v) is 8.31. The maximum Gasteiger partial charge on any atom is 0.267 e. The van der Waals surface area contributed by atoms with E-state index in [1.807, 2.05) is 31.1 Å². The van der Waals surface area contributed by atoms with Gasteiger partial charge in [-0.1, -0.05) is 18.2 Å². The molecule has 0 bridgehead atoms. The van der Waals surface area contributed by atoms with Crippen LogP contribution < -0.4 is 10.2 Å². The van der Waals surface area contributed by atoms with Gasteiger partial charge in [0.25, 0.3) is 10.0 Å². The van der Waals surface area contributed by atoms with Gasteiger partial charge >= 0.3 is 0 Å². The van der Waals surface area contributed by atoms with Crippen LogP contribution >= 0.6 is 0 Å². The van der Waals surface area contributed by atoms with Crippen molar-refractivity contribution in [3.8, 4) is 0 Å². The summed E-state index contributed by atoms with van der Waals surface area (Å²) < 4.78 is 26.4. The summed E-state index contributed by atoms with van der Waals surface area (Å²) in [5.74, 6) is -1.08. The number of benzene rings is 2. The number of hydrogen-bond acceptors (Lipinski definition) is 5. The minimum absolute atomic E-state index is 0.00612. The predicted octanol–water partition coefficient (Wildman–Crippen LogP) is 2.07. The molecule has 27 heavy (non-hydrogen) atoms. The Morgan fingerprint density at radius 1 is 1.07 bits per heavy atom. The van der Waals surface area contributed by atoms with Gasteiger partial charge in [0.05, 0.1) is 4.90 Å². The average molecular weight is 387 g/mol. The number of carbonyl (C=O) groups excluding carboxylic acids is 2. The first-order chi connectivity index (χ1) is 12.8. The molecule has 1 N–H and O–H groups in total. The zero-order valence-corrected chi connectivity index (χ0v) is 15.9. The van der Waals surface area contributed by atoms with Gasteiger partial charge in [-0.2, -0.15) is 0 Å². The van der Waals surface area contributed by atoms with Crippen LogP contribution in [0.2, 0.25) is 0 Å². The standard InChI is InChI=1S/C19H21N3O4S/c1-21(2)15-10-8-14(9-11-15)20-19(24)17-12-13-18(23)22(17)27(25,26)16-6-4-3-5-7-16/h3-11,17H,12-13H2,1-2H3,(H,20,24). The van der Waals surface area contributed by atoms with Crippen molar-refractivity contribution >= 4 is 33.2 Å². The molecule has 2 amide bonds. The molecule has 0 saturated carbocycles. The van der Waals surface area contributed by atoms with Crippen molar-refractivity contribution in [2.75, 3.05) is 24.3 Å². The van der Waals surface area contributed by atoms with Gasteiger partial charge in [-0.25, -0.2) is 12.7 Å². The zero-order chi connectivity index (χ0) is 19.6. The van der Waals surface area contributed by atoms with Crippen molar-refractivity contribution < 1.29 is 18.0 Å². The average Bonchev–Trinajstić information content (AvgIpc) is 3.05. The third kappa shape index (κ3) is 3.80. The molecule has 0 aromatic heterocycles. The lowest BCUT2D eigenvalue weighted by Gasteiger charge is -2.23. The van der Waals surface area contributed by atoms with Gasteiger partial charge in [-0.3, -0.25) is 9.59 Å². The summed E-state index contributed by atoms with van der Waals surface area (Å²) in [5, 5.41) is 2.71. The molecule has 7 nitrogen and oxygen atoms in total. The summed E-state index contributed by atoms with van der Waals surface area (Å²) in [4.78, 5) is 26.8. The number of hydrogen-bond donors (Lipinski definition) is 1. The van der Waals surface area contributed by atoms with Gasteiger partial charge in [0, 0.05) is 31.9 Å². The van der Waals surface area contributed by atoms with E-state index in [1.165, 1.54) is 12.1 Å². The van der Waals surface area contributed by atoms with E-state index in [4.69, 9.17) is 0 Å². The van der Waals surface area contributed by atoms with E-state index in [0.717, 1.165) is 5.69 Å². The fourth-order valence-electron chi connectivity index (χ4n) is 2.98. The van der Waals surface area contributed by atoms with E-state index in [0.29, 0.717) is 9.99 Å². The van der Waals surface area contributed by atoms with Crippen LogP contribution in [0, 0.1) is 0 Å². The lowest BCUT2D eigenvalue weighted by molar-refractivity contribution is -0.128. The molecule has 1 aliphatic heterocycles. The molecule has 0 spiro atoms. The lowest BCUT2D eigenvalue weighted by atomic mass is 10.2. The van der Waals surface area contributed by atoms with Crippen LogP contribution in [-0.4, -0.2) is 44.7 Å². The summed E-state index contributed by atoms with van der Waals surface area (Å²) in [6, 6.07) is 13.8. The second kappa shape index (κ2) is 7.40.